The maximum atomic E-state index is 13.2. The molecule has 2 N–H and O–H groups in total. The number of anilines is 3. The molecule has 1 unspecified atom stereocenters. The molecule has 0 bridgehead atoms. The fourth-order valence-electron chi connectivity index (χ4n) is 2.69. The molecule has 2 aromatic carbocycles. The molecule has 0 saturated heterocycles. The Morgan fingerprint density at radius 2 is 1.59 bits per heavy atom. The Hall–Kier alpha value is -3.09. The lowest BCUT2D eigenvalue weighted by atomic mass is 10.1. The van der Waals surface area contributed by atoms with E-state index in [0.717, 1.165) is 11.6 Å². The third-order valence-electron chi connectivity index (χ3n) is 3.99. The van der Waals surface area contributed by atoms with E-state index in [1.807, 2.05) is 37.3 Å². The monoisotopic (exact) mass is 372 g/mol. The first kappa shape index (κ1) is 18.7. The molecular formula is C20H19F3N4. The minimum Gasteiger partial charge on any atom is -0.348 e. The van der Waals surface area contributed by atoms with E-state index in [2.05, 4.69) is 20.6 Å². The van der Waals surface area contributed by atoms with Crippen molar-refractivity contribution in [3.63, 3.8) is 0 Å². The number of benzene rings is 2. The minimum absolute atomic E-state index is 0.0508. The Kier molecular flexibility index (Phi) is 5.30. The second-order valence-electron chi connectivity index (χ2n) is 6.16. The van der Waals surface area contributed by atoms with Gasteiger partial charge in [-0.3, -0.25) is 0 Å². The fourth-order valence-corrected chi connectivity index (χ4v) is 2.69. The molecule has 3 rings (SSSR count). The predicted molar refractivity (Wildman–Crippen MR) is 100.0 cm³/mol. The lowest BCUT2D eigenvalue weighted by molar-refractivity contribution is -0.136. The summed E-state index contributed by atoms with van der Waals surface area (Å²) in [7, 11) is 0. The molecule has 0 aliphatic carbocycles. The van der Waals surface area contributed by atoms with Gasteiger partial charge in [0.2, 0.25) is 5.95 Å². The minimum atomic E-state index is -4.45. The van der Waals surface area contributed by atoms with E-state index in [1.165, 1.54) is 12.1 Å². The molecule has 1 heterocycles. The molecule has 0 saturated carbocycles. The van der Waals surface area contributed by atoms with Crippen LogP contribution in [0.2, 0.25) is 0 Å². The van der Waals surface area contributed by atoms with Gasteiger partial charge in [0, 0.05) is 11.8 Å². The van der Waals surface area contributed by atoms with Gasteiger partial charge >= 0.3 is 6.18 Å². The van der Waals surface area contributed by atoms with Crippen LogP contribution in [-0.2, 0) is 6.18 Å². The Labute approximate surface area is 155 Å². The number of hydrogen-bond donors (Lipinski definition) is 2. The number of nitrogens with zero attached hydrogens (tertiary/aromatic N) is 2. The molecule has 140 valence electrons. The van der Waals surface area contributed by atoms with Gasteiger partial charge in [0.25, 0.3) is 0 Å². The smallest absolute Gasteiger partial charge is 0.348 e. The summed E-state index contributed by atoms with van der Waals surface area (Å²) in [6, 6.07) is 16.6. The van der Waals surface area contributed by atoms with E-state index in [4.69, 9.17) is 0 Å². The van der Waals surface area contributed by atoms with E-state index in [0.29, 0.717) is 17.5 Å². The molecule has 1 aromatic heterocycles. The first-order valence-electron chi connectivity index (χ1n) is 8.43. The van der Waals surface area contributed by atoms with Crippen LogP contribution >= 0.6 is 0 Å². The van der Waals surface area contributed by atoms with Gasteiger partial charge in [-0.2, -0.15) is 18.2 Å². The SMILES string of the molecule is Cc1cc(Nc2ccccc2C(F)(F)F)nc(NC(C)c2ccccc2)n1. The van der Waals surface area contributed by atoms with Crippen LogP contribution in [0.25, 0.3) is 0 Å². The topological polar surface area (TPSA) is 49.8 Å². The van der Waals surface area contributed by atoms with Crippen molar-refractivity contribution < 1.29 is 13.2 Å². The quantitative estimate of drug-likeness (QED) is 0.601. The second-order valence-corrected chi connectivity index (χ2v) is 6.16. The molecule has 0 aliphatic rings. The van der Waals surface area contributed by atoms with Gasteiger partial charge in [-0.25, -0.2) is 4.98 Å². The summed E-state index contributed by atoms with van der Waals surface area (Å²) in [5.74, 6) is 0.639. The van der Waals surface area contributed by atoms with Gasteiger partial charge in [-0.05, 0) is 31.5 Å². The summed E-state index contributed by atoms with van der Waals surface area (Å²) in [6.07, 6.45) is -4.45. The molecule has 0 spiro atoms. The van der Waals surface area contributed by atoms with Crippen LogP contribution in [0.5, 0.6) is 0 Å². The number of rotatable bonds is 5. The van der Waals surface area contributed by atoms with Gasteiger partial charge in [-0.1, -0.05) is 42.5 Å². The summed E-state index contributed by atoms with van der Waals surface area (Å²) in [6.45, 7) is 3.73. The maximum Gasteiger partial charge on any atom is 0.418 e. The van der Waals surface area contributed by atoms with Gasteiger partial charge in [0.15, 0.2) is 0 Å². The standard InChI is InChI=1S/C20H19F3N4/c1-13-12-18(26-17-11-7-6-10-16(17)20(21,22)23)27-19(24-13)25-14(2)15-8-4-3-5-9-15/h3-12,14H,1-2H3,(H2,24,25,26,27). The van der Waals surface area contributed by atoms with Crippen LogP contribution in [0.3, 0.4) is 0 Å². The van der Waals surface area contributed by atoms with Crippen LogP contribution in [0, 0.1) is 6.92 Å². The largest absolute Gasteiger partial charge is 0.418 e. The average Bonchev–Trinajstić information content (AvgIpc) is 2.61. The summed E-state index contributed by atoms with van der Waals surface area (Å²) in [5.41, 5.74) is 0.901. The van der Waals surface area contributed by atoms with Crippen LogP contribution in [0.4, 0.5) is 30.6 Å². The van der Waals surface area contributed by atoms with Gasteiger partial charge in [0.05, 0.1) is 17.3 Å². The highest BCUT2D eigenvalue weighted by molar-refractivity contribution is 5.62. The summed E-state index contributed by atoms with van der Waals surface area (Å²) < 4.78 is 39.6. The summed E-state index contributed by atoms with van der Waals surface area (Å²) in [5, 5.41) is 5.95. The Morgan fingerprint density at radius 3 is 2.30 bits per heavy atom. The first-order chi connectivity index (χ1) is 12.8. The number of aryl methyl sites for hydroxylation is 1. The van der Waals surface area contributed by atoms with E-state index in [9.17, 15) is 13.2 Å². The molecular weight excluding hydrogens is 353 g/mol. The highest BCUT2D eigenvalue weighted by Crippen LogP contribution is 2.35. The average molecular weight is 372 g/mol. The normalized spacial score (nSPS) is 12.5. The van der Waals surface area contributed by atoms with Crippen molar-refractivity contribution in [2.24, 2.45) is 0 Å². The number of halogens is 3. The molecule has 1 atom stereocenters. The Bertz CT molecular complexity index is 911. The Morgan fingerprint density at radius 1 is 0.926 bits per heavy atom. The highest BCUT2D eigenvalue weighted by Gasteiger charge is 2.33. The molecule has 4 nitrogen and oxygen atoms in total. The van der Waals surface area contributed by atoms with E-state index < -0.39 is 11.7 Å². The van der Waals surface area contributed by atoms with Crippen molar-refractivity contribution in [3.8, 4) is 0 Å². The van der Waals surface area contributed by atoms with Crippen molar-refractivity contribution in [2.75, 3.05) is 10.6 Å². The van der Waals surface area contributed by atoms with Gasteiger partial charge in [-0.15, -0.1) is 0 Å². The fraction of sp³-hybridized carbons (Fsp3) is 0.200. The molecule has 27 heavy (non-hydrogen) atoms. The van der Waals surface area contributed by atoms with Crippen molar-refractivity contribution in [3.05, 3.63) is 77.5 Å². The molecule has 3 aromatic rings. The number of nitrogens with one attached hydrogen (secondary N) is 2. The highest BCUT2D eigenvalue weighted by atomic mass is 19.4. The third kappa shape index (κ3) is 4.75. The predicted octanol–water partition coefficient (Wildman–Crippen LogP) is 5.72. The molecule has 0 aliphatic heterocycles. The van der Waals surface area contributed by atoms with E-state index >= 15 is 0 Å². The van der Waals surface area contributed by atoms with Crippen LogP contribution < -0.4 is 10.6 Å². The zero-order valence-electron chi connectivity index (χ0n) is 14.9. The molecule has 0 radical (unpaired) electrons. The molecule has 0 amide bonds. The lowest BCUT2D eigenvalue weighted by Gasteiger charge is -2.17. The number of alkyl halides is 3. The first-order valence-corrected chi connectivity index (χ1v) is 8.43. The zero-order chi connectivity index (χ0) is 19.4. The van der Waals surface area contributed by atoms with Crippen LogP contribution in [0.1, 0.15) is 29.8 Å². The molecule has 7 heteroatoms. The number of para-hydroxylation sites is 1. The maximum absolute atomic E-state index is 13.2. The number of hydrogen-bond acceptors (Lipinski definition) is 4. The van der Waals surface area contributed by atoms with E-state index in [-0.39, 0.29) is 11.7 Å². The number of aromatic nitrogens is 2. The van der Waals surface area contributed by atoms with Crippen LogP contribution in [-0.4, -0.2) is 9.97 Å². The van der Waals surface area contributed by atoms with Crippen LogP contribution in [0.15, 0.2) is 60.7 Å². The zero-order valence-corrected chi connectivity index (χ0v) is 14.9. The second kappa shape index (κ2) is 7.65. The van der Waals surface area contributed by atoms with Gasteiger partial charge < -0.3 is 10.6 Å². The molecule has 0 fully saturated rings. The van der Waals surface area contributed by atoms with E-state index in [1.54, 1.807) is 19.1 Å². The summed E-state index contributed by atoms with van der Waals surface area (Å²) >= 11 is 0. The van der Waals surface area contributed by atoms with Crippen molar-refractivity contribution >= 4 is 17.5 Å². The Balaban J connectivity index is 1.85. The summed E-state index contributed by atoms with van der Waals surface area (Å²) in [4.78, 5) is 8.64. The van der Waals surface area contributed by atoms with Crippen molar-refractivity contribution in [1.82, 2.24) is 9.97 Å². The van der Waals surface area contributed by atoms with Gasteiger partial charge in [0.1, 0.15) is 5.82 Å². The lowest BCUT2D eigenvalue weighted by Crippen LogP contribution is -2.12. The third-order valence-corrected chi connectivity index (χ3v) is 3.99. The van der Waals surface area contributed by atoms with Crippen molar-refractivity contribution in [2.45, 2.75) is 26.1 Å². The van der Waals surface area contributed by atoms with Crippen molar-refractivity contribution in [1.29, 1.82) is 0 Å².